The Bertz CT molecular complexity index is 1400. The lowest BCUT2D eigenvalue weighted by atomic mass is 10.0. The number of unbranched alkanes of at least 4 members (excludes halogenated alkanes) is 37. The van der Waals surface area contributed by atoms with Crippen LogP contribution in [0.2, 0.25) is 0 Å². The normalized spacial score (nSPS) is 12.5. The van der Waals surface area contributed by atoms with E-state index in [1.165, 1.54) is 205 Å². The molecule has 0 radical (unpaired) electrons. The minimum Gasteiger partial charge on any atom is -0.462 e. The van der Waals surface area contributed by atoms with Gasteiger partial charge in [0.15, 0.2) is 6.10 Å². The van der Waals surface area contributed by atoms with Gasteiger partial charge in [0.05, 0.1) is 0 Å². The molecule has 0 aromatic rings. The van der Waals surface area contributed by atoms with Crippen molar-refractivity contribution in [3.05, 3.63) is 72.9 Å². The number of carbonyl (C=O) groups excluding carboxylic acids is 3. The Morgan fingerprint density at radius 1 is 0.276 bits per heavy atom. The second-order valence-electron chi connectivity index (χ2n) is 22.0. The number of hydrogen-bond donors (Lipinski definition) is 0. The molecule has 0 saturated carbocycles. The molecule has 1 atom stereocenters. The molecular weight excluding hydrogens is 937 g/mol. The molecule has 440 valence electrons. The number of hydrogen-bond acceptors (Lipinski definition) is 6. The molecule has 6 heteroatoms. The average molecular weight is 1060 g/mol. The molecule has 0 spiro atoms. The van der Waals surface area contributed by atoms with E-state index < -0.39 is 6.10 Å². The summed E-state index contributed by atoms with van der Waals surface area (Å²) in [6.07, 6.45) is 83.5. The predicted octanol–water partition coefficient (Wildman–Crippen LogP) is 22.5. The number of ether oxygens (including phenoxy) is 3. The summed E-state index contributed by atoms with van der Waals surface area (Å²) in [6, 6.07) is 0. The molecule has 0 aliphatic heterocycles. The maximum atomic E-state index is 12.9. The first kappa shape index (κ1) is 72.8. The quantitative estimate of drug-likeness (QED) is 0.0261. The van der Waals surface area contributed by atoms with Crippen LogP contribution in [0.1, 0.15) is 335 Å². The van der Waals surface area contributed by atoms with Crippen molar-refractivity contribution < 1.29 is 28.6 Å². The van der Waals surface area contributed by atoms with Crippen molar-refractivity contribution in [2.24, 2.45) is 0 Å². The molecule has 0 saturated heterocycles. The highest BCUT2D eigenvalue weighted by Crippen LogP contribution is 2.17. The third-order valence-electron chi connectivity index (χ3n) is 14.4. The van der Waals surface area contributed by atoms with E-state index in [1.54, 1.807) is 0 Å². The summed E-state index contributed by atoms with van der Waals surface area (Å²) in [5, 5.41) is 0. The van der Waals surface area contributed by atoms with Gasteiger partial charge in [-0.25, -0.2) is 0 Å². The molecule has 76 heavy (non-hydrogen) atoms. The van der Waals surface area contributed by atoms with Gasteiger partial charge in [0, 0.05) is 19.3 Å². The molecule has 0 fully saturated rings. The SMILES string of the molecule is CC/C=C\C/C=C\C/C=C\CCCCCC(=O)OCC(COC(=O)CCCCCCCCCCCCCCCCC/C=C\C/C=C\CCCCCCC)OC(=O)CCCCCCCCC/C=C\CCCCCCCCC. The highest BCUT2D eigenvalue weighted by molar-refractivity contribution is 5.71. The fraction of sp³-hybridized carbons (Fsp3) is 0.786. The van der Waals surface area contributed by atoms with Gasteiger partial charge in [-0.2, -0.15) is 0 Å². The van der Waals surface area contributed by atoms with Gasteiger partial charge in [0.1, 0.15) is 13.2 Å². The molecule has 0 aromatic carbocycles. The molecule has 0 aromatic heterocycles. The fourth-order valence-corrected chi connectivity index (χ4v) is 9.48. The Labute approximate surface area is 472 Å². The second kappa shape index (κ2) is 64.4. The number of carbonyl (C=O) groups is 3. The van der Waals surface area contributed by atoms with Crippen molar-refractivity contribution >= 4 is 17.9 Å². The van der Waals surface area contributed by atoms with Crippen LogP contribution in [-0.4, -0.2) is 37.2 Å². The summed E-state index contributed by atoms with van der Waals surface area (Å²) in [7, 11) is 0. The molecule has 0 aliphatic carbocycles. The van der Waals surface area contributed by atoms with Crippen LogP contribution in [0.5, 0.6) is 0 Å². The Kier molecular flexibility index (Phi) is 61.7. The van der Waals surface area contributed by atoms with Gasteiger partial charge in [-0.1, -0.05) is 280 Å². The summed E-state index contributed by atoms with van der Waals surface area (Å²) in [5.41, 5.74) is 0. The van der Waals surface area contributed by atoms with Crippen LogP contribution >= 0.6 is 0 Å². The Balaban J connectivity index is 4.26. The van der Waals surface area contributed by atoms with Gasteiger partial charge in [0.2, 0.25) is 0 Å². The minimum absolute atomic E-state index is 0.0846. The Morgan fingerprint density at radius 2 is 0.513 bits per heavy atom. The monoisotopic (exact) mass is 1060 g/mol. The standard InChI is InChI=1S/C70H124O6/c1-4-7-10-13-16-19-22-25-27-29-31-32-33-34-35-36-37-38-39-41-42-45-48-51-54-57-60-63-69(72)75-66-67(65-74-68(71)62-59-56-53-50-47-44-24-21-18-15-12-9-6-3)76-70(73)64-61-58-55-52-49-46-43-40-30-28-26-23-20-17-14-11-8-5-2/h9,12,18,21-22,25,28-31,44,47,67H,4-8,10-11,13-17,19-20,23-24,26-27,32-43,45-46,48-66H2,1-3H3/b12-9-,21-18-,25-22-,30-28-,31-29-,47-44-. The molecule has 0 amide bonds. The molecule has 0 rings (SSSR count). The van der Waals surface area contributed by atoms with E-state index in [0.29, 0.717) is 19.3 Å². The van der Waals surface area contributed by atoms with Gasteiger partial charge in [-0.15, -0.1) is 0 Å². The lowest BCUT2D eigenvalue weighted by molar-refractivity contribution is -0.167. The zero-order valence-electron chi connectivity index (χ0n) is 50.5. The van der Waals surface area contributed by atoms with Crippen LogP contribution in [-0.2, 0) is 28.6 Å². The largest absolute Gasteiger partial charge is 0.462 e. The van der Waals surface area contributed by atoms with Crippen LogP contribution in [0, 0.1) is 0 Å². The lowest BCUT2D eigenvalue weighted by Crippen LogP contribution is -2.30. The summed E-state index contributed by atoms with van der Waals surface area (Å²) in [6.45, 7) is 6.52. The molecule has 6 nitrogen and oxygen atoms in total. The molecule has 0 bridgehead atoms. The maximum Gasteiger partial charge on any atom is 0.306 e. The van der Waals surface area contributed by atoms with Crippen molar-refractivity contribution in [3.63, 3.8) is 0 Å². The Hall–Kier alpha value is -3.15. The number of rotatable bonds is 60. The first-order chi connectivity index (χ1) is 37.5. The van der Waals surface area contributed by atoms with E-state index in [-0.39, 0.29) is 31.1 Å². The topological polar surface area (TPSA) is 78.9 Å². The van der Waals surface area contributed by atoms with Gasteiger partial charge in [-0.05, 0) is 109 Å². The predicted molar refractivity (Wildman–Crippen MR) is 330 cm³/mol. The molecule has 0 aliphatic rings. The third kappa shape index (κ3) is 61.7. The van der Waals surface area contributed by atoms with Gasteiger partial charge in [0.25, 0.3) is 0 Å². The smallest absolute Gasteiger partial charge is 0.306 e. The van der Waals surface area contributed by atoms with Crippen LogP contribution in [0.4, 0.5) is 0 Å². The van der Waals surface area contributed by atoms with E-state index in [9.17, 15) is 14.4 Å². The van der Waals surface area contributed by atoms with Crippen molar-refractivity contribution in [2.75, 3.05) is 13.2 Å². The Morgan fingerprint density at radius 3 is 0.829 bits per heavy atom. The van der Waals surface area contributed by atoms with E-state index >= 15 is 0 Å². The lowest BCUT2D eigenvalue weighted by Gasteiger charge is -2.18. The van der Waals surface area contributed by atoms with Crippen molar-refractivity contribution in [3.8, 4) is 0 Å². The van der Waals surface area contributed by atoms with Crippen molar-refractivity contribution in [1.29, 1.82) is 0 Å². The first-order valence-corrected chi connectivity index (χ1v) is 32.9. The highest BCUT2D eigenvalue weighted by Gasteiger charge is 2.19. The third-order valence-corrected chi connectivity index (χ3v) is 14.4. The van der Waals surface area contributed by atoms with Crippen LogP contribution < -0.4 is 0 Å². The summed E-state index contributed by atoms with van der Waals surface area (Å²) < 4.78 is 16.9. The van der Waals surface area contributed by atoms with Gasteiger partial charge in [-0.3, -0.25) is 14.4 Å². The molecule has 0 heterocycles. The first-order valence-electron chi connectivity index (χ1n) is 32.9. The highest BCUT2D eigenvalue weighted by atomic mass is 16.6. The van der Waals surface area contributed by atoms with Crippen LogP contribution in [0.25, 0.3) is 0 Å². The van der Waals surface area contributed by atoms with E-state index in [0.717, 1.165) is 89.9 Å². The van der Waals surface area contributed by atoms with Gasteiger partial charge >= 0.3 is 17.9 Å². The number of esters is 3. The van der Waals surface area contributed by atoms with Crippen LogP contribution in [0.3, 0.4) is 0 Å². The van der Waals surface area contributed by atoms with E-state index in [4.69, 9.17) is 14.2 Å². The van der Waals surface area contributed by atoms with E-state index in [1.807, 2.05) is 0 Å². The molecule has 0 N–H and O–H groups in total. The van der Waals surface area contributed by atoms with Crippen molar-refractivity contribution in [1.82, 2.24) is 0 Å². The second-order valence-corrected chi connectivity index (χ2v) is 22.0. The summed E-state index contributed by atoms with van der Waals surface area (Å²) in [4.78, 5) is 38.3. The number of allylic oxidation sites excluding steroid dienone is 12. The molecule has 1 unspecified atom stereocenters. The summed E-state index contributed by atoms with van der Waals surface area (Å²) >= 11 is 0. The zero-order valence-corrected chi connectivity index (χ0v) is 50.5. The summed E-state index contributed by atoms with van der Waals surface area (Å²) in [5.74, 6) is -0.905. The zero-order chi connectivity index (χ0) is 55.0. The molecular formula is C70H124O6. The van der Waals surface area contributed by atoms with Crippen LogP contribution in [0.15, 0.2) is 72.9 Å². The van der Waals surface area contributed by atoms with Crippen molar-refractivity contribution in [2.45, 2.75) is 341 Å². The minimum atomic E-state index is -0.790. The van der Waals surface area contributed by atoms with Gasteiger partial charge < -0.3 is 14.2 Å². The average Bonchev–Trinajstić information content (AvgIpc) is 3.42. The maximum absolute atomic E-state index is 12.9. The van der Waals surface area contributed by atoms with E-state index in [2.05, 4.69) is 93.7 Å². The fourth-order valence-electron chi connectivity index (χ4n) is 9.48.